The Balaban J connectivity index is 1.56. The molecule has 0 aliphatic rings. The lowest BCUT2D eigenvalue weighted by atomic mass is 10.2. The van der Waals surface area contributed by atoms with Gasteiger partial charge in [-0.1, -0.05) is 30.3 Å². The Hall–Kier alpha value is -3.54. The van der Waals surface area contributed by atoms with Crippen LogP contribution in [-0.2, 0) is 6.54 Å². The van der Waals surface area contributed by atoms with E-state index in [1.807, 2.05) is 47.0 Å². The van der Waals surface area contributed by atoms with Crippen molar-refractivity contribution < 1.29 is 9.18 Å². The second-order valence-electron chi connectivity index (χ2n) is 6.06. The molecule has 0 saturated heterocycles. The van der Waals surface area contributed by atoms with Crippen LogP contribution >= 0.6 is 0 Å². The van der Waals surface area contributed by atoms with Gasteiger partial charge in [0.15, 0.2) is 5.65 Å². The Morgan fingerprint density at radius 2 is 1.78 bits per heavy atom. The van der Waals surface area contributed by atoms with Crippen molar-refractivity contribution in [3.05, 3.63) is 84.3 Å². The average molecular weight is 360 g/mol. The highest BCUT2D eigenvalue weighted by molar-refractivity contribution is 5.94. The minimum absolute atomic E-state index is 0.242. The lowest BCUT2D eigenvalue weighted by molar-refractivity contribution is 0.0952. The van der Waals surface area contributed by atoms with Crippen molar-refractivity contribution in [1.82, 2.24) is 19.9 Å². The highest BCUT2D eigenvalue weighted by atomic mass is 19.1. The molecule has 4 aromatic rings. The summed E-state index contributed by atoms with van der Waals surface area (Å²) in [6.45, 7) is 0.919. The fourth-order valence-electron chi connectivity index (χ4n) is 2.96. The van der Waals surface area contributed by atoms with E-state index in [-0.39, 0.29) is 11.7 Å². The van der Waals surface area contributed by atoms with Crippen molar-refractivity contribution in [2.24, 2.45) is 0 Å². The summed E-state index contributed by atoms with van der Waals surface area (Å²) < 4.78 is 15.0. The van der Waals surface area contributed by atoms with E-state index < -0.39 is 0 Å². The first-order valence-electron chi connectivity index (χ1n) is 8.63. The lowest BCUT2D eigenvalue weighted by Crippen LogP contribution is -2.27. The summed E-state index contributed by atoms with van der Waals surface area (Å²) in [4.78, 5) is 21.4. The van der Waals surface area contributed by atoms with E-state index in [2.05, 4.69) is 10.3 Å². The van der Waals surface area contributed by atoms with Gasteiger partial charge in [0.2, 0.25) is 0 Å². The average Bonchev–Trinajstić information content (AvgIpc) is 3.08. The molecule has 2 heterocycles. The number of hydrogen-bond donors (Lipinski definition) is 1. The third-order valence-corrected chi connectivity index (χ3v) is 4.26. The van der Waals surface area contributed by atoms with E-state index in [0.29, 0.717) is 18.7 Å². The fourth-order valence-corrected chi connectivity index (χ4v) is 2.96. The Labute approximate surface area is 155 Å². The van der Waals surface area contributed by atoms with Crippen LogP contribution in [0.4, 0.5) is 4.39 Å². The highest BCUT2D eigenvalue weighted by Gasteiger charge is 2.13. The van der Waals surface area contributed by atoms with Crippen LogP contribution in [0.2, 0.25) is 0 Å². The maximum atomic E-state index is 13.0. The van der Waals surface area contributed by atoms with E-state index in [1.165, 1.54) is 24.3 Å². The van der Waals surface area contributed by atoms with Crippen LogP contribution in [0, 0.1) is 5.82 Å². The van der Waals surface area contributed by atoms with Crippen molar-refractivity contribution in [1.29, 1.82) is 0 Å². The SMILES string of the molecule is O=C(NCCn1c(-c2ccccc2)nc2cccnc21)c1ccc(F)cc1. The van der Waals surface area contributed by atoms with Gasteiger partial charge in [0.25, 0.3) is 5.91 Å². The quantitative estimate of drug-likeness (QED) is 0.591. The van der Waals surface area contributed by atoms with Gasteiger partial charge in [0.1, 0.15) is 17.2 Å². The maximum absolute atomic E-state index is 13.0. The monoisotopic (exact) mass is 360 g/mol. The van der Waals surface area contributed by atoms with Gasteiger partial charge in [0, 0.05) is 30.4 Å². The van der Waals surface area contributed by atoms with E-state index in [1.54, 1.807) is 6.20 Å². The van der Waals surface area contributed by atoms with Crippen LogP contribution in [0.25, 0.3) is 22.6 Å². The predicted octanol–water partition coefficient (Wildman–Crippen LogP) is 3.67. The molecule has 0 saturated carbocycles. The molecule has 0 aliphatic carbocycles. The molecular weight excluding hydrogens is 343 g/mol. The number of fused-ring (bicyclic) bond motifs is 1. The Morgan fingerprint density at radius 1 is 1.00 bits per heavy atom. The number of nitrogens with zero attached hydrogens (tertiary/aromatic N) is 3. The minimum atomic E-state index is -0.366. The van der Waals surface area contributed by atoms with Gasteiger partial charge in [-0.3, -0.25) is 4.79 Å². The van der Waals surface area contributed by atoms with E-state index >= 15 is 0 Å². The normalized spacial score (nSPS) is 10.9. The molecule has 2 aromatic carbocycles. The Bertz CT molecular complexity index is 1070. The number of aromatic nitrogens is 3. The van der Waals surface area contributed by atoms with E-state index in [9.17, 15) is 9.18 Å². The van der Waals surface area contributed by atoms with Gasteiger partial charge in [-0.25, -0.2) is 14.4 Å². The number of pyridine rings is 1. The number of carbonyl (C=O) groups excluding carboxylic acids is 1. The van der Waals surface area contributed by atoms with E-state index in [4.69, 9.17) is 4.98 Å². The summed E-state index contributed by atoms with van der Waals surface area (Å²) in [5.74, 6) is 0.198. The largest absolute Gasteiger partial charge is 0.350 e. The van der Waals surface area contributed by atoms with Crippen molar-refractivity contribution in [2.45, 2.75) is 6.54 Å². The Morgan fingerprint density at radius 3 is 2.56 bits per heavy atom. The smallest absolute Gasteiger partial charge is 0.251 e. The highest BCUT2D eigenvalue weighted by Crippen LogP contribution is 2.23. The third-order valence-electron chi connectivity index (χ3n) is 4.26. The van der Waals surface area contributed by atoms with Gasteiger partial charge < -0.3 is 9.88 Å². The molecule has 134 valence electrons. The number of amides is 1. The molecule has 1 N–H and O–H groups in total. The Kier molecular flexibility index (Phi) is 4.61. The van der Waals surface area contributed by atoms with Crippen LogP contribution in [0.1, 0.15) is 10.4 Å². The van der Waals surface area contributed by atoms with Crippen LogP contribution < -0.4 is 5.32 Å². The van der Waals surface area contributed by atoms with Gasteiger partial charge in [0.05, 0.1) is 0 Å². The first-order chi connectivity index (χ1) is 13.2. The zero-order valence-corrected chi connectivity index (χ0v) is 14.5. The molecule has 2 aromatic heterocycles. The molecule has 0 spiro atoms. The topological polar surface area (TPSA) is 59.8 Å². The molecule has 5 nitrogen and oxygen atoms in total. The van der Waals surface area contributed by atoms with Crippen molar-refractivity contribution >= 4 is 17.1 Å². The van der Waals surface area contributed by atoms with Crippen LogP contribution in [-0.4, -0.2) is 27.0 Å². The first kappa shape index (κ1) is 16.9. The van der Waals surface area contributed by atoms with Crippen molar-refractivity contribution in [3.63, 3.8) is 0 Å². The van der Waals surface area contributed by atoms with Crippen LogP contribution in [0.5, 0.6) is 0 Å². The molecule has 0 radical (unpaired) electrons. The second kappa shape index (κ2) is 7.37. The summed E-state index contributed by atoms with van der Waals surface area (Å²) >= 11 is 0. The van der Waals surface area contributed by atoms with Crippen molar-refractivity contribution in [2.75, 3.05) is 6.54 Å². The second-order valence-corrected chi connectivity index (χ2v) is 6.06. The number of benzene rings is 2. The number of rotatable bonds is 5. The molecule has 27 heavy (non-hydrogen) atoms. The predicted molar refractivity (Wildman–Crippen MR) is 102 cm³/mol. The summed E-state index contributed by atoms with van der Waals surface area (Å²) in [5, 5.41) is 2.86. The molecular formula is C21H17FN4O. The van der Waals surface area contributed by atoms with Crippen LogP contribution in [0.3, 0.4) is 0 Å². The number of nitrogens with one attached hydrogen (secondary N) is 1. The maximum Gasteiger partial charge on any atom is 0.251 e. The number of imidazole rings is 1. The number of carbonyl (C=O) groups is 1. The molecule has 0 atom stereocenters. The zero-order valence-electron chi connectivity index (χ0n) is 14.5. The summed E-state index contributed by atoms with van der Waals surface area (Å²) in [7, 11) is 0. The van der Waals surface area contributed by atoms with E-state index in [0.717, 1.165) is 22.6 Å². The molecule has 0 bridgehead atoms. The lowest BCUT2D eigenvalue weighted by Gasteiger charge is -2.10. The summed E-state index contributed by atoms with van der Waals surface area (Å²) in [6.07, 6.45) is 1.73. The van der Waals surface area contributed by atoms with Crippen molar-refractivity contribution in [3.8, 4) is 11.4 Å². The van der Waals surface area contributed by atoms with Gasteiger partial charge in [-0.2, -0.15) is 0 Å². The van der Waals surface area contributed by atoms with Crippen LogP contribution in [0.15, 0.2) is 72.9 Å². The third kappa shape index (κ3) is 3.55. The standard InChI is InChI=1S/C21H17FN4O/c22-17-10-8-16(9-11-17)21(27)24-13-14-26-19(15-5-2-1-3-6-15)25-18-7-4-12-23-20(18)26/h1-12H,13-14H2,(H,24,27). The summed E-state index contributed by atoms with van der Waals surface area (Å²) in [6, 6.07) is 19.1. The zero-order chi connectivity index (χ0) is 18.6. The fraction of sp³-hybridized carbons (Fsp3) is 0.0952. The molecule has 0 aliphatic heterocycles. The molecule has 4 rings (SSSR count). The molecule has 1 amide bonds. The number of halogens is 1. The van der Waals surface area contributed by atoms with Gasteiger partial charge in [-0.15, -0.1) is 0 Å². The first-order valence-corrected chi connectivity index (χ1v) is 8.63. The number of hydrogen-bond acceptors (Lipinski definition) is 3. The molecule has 0 unspecified atom stereocenters. The van der Waals surface area contributed by atoms with Gasteiger partial charge >= 0.3 is 0 Å². The minimum Gasteiger partial charge on any atom is -0.350 e. The summed E-state index contributed by atoms with van der Waals surface area (Å²) in [5.41, 5.74) is 2.99. The van der Waals surface area contributed by atoms with Gasteiger partial charge in [-0.05, 0) is 36.4 Å². The molecule has 0 fully saturated rings. The molecule has 6 heteroatoms.